The molecule has 4 nitrogen and oxygen atoms in total. The summed E-state index contributed by atoms with van der Waals surface area (Å²) in [5.74, 6) is 0.0641. The van der Waals surface area contributed by atoms with Crippen LogP contribution in [-0.2, 0) is 17.6 Å². The number of hydrogen-bond donors (Lipinski definition) is 3. The first-order valence-corrected chi connectivity index (χ1v) is 8.31. The molecule has 3 rings (SSSR count). The molecule has 0 aliphatic carbocycles. The second-order valence-corrected chi connectivity index (χ2v) is 6.11. The summed E-state index contributed by atoms with van der Waals surface area (Å²) in [6.07, 6.45) is 3.99. The van der Waals surface area contributed by atoms with Gasteiger partial charge < -0.3 is 16.0 Å². The van der Waals surface area contributed by atoms with Gasteiger partial charge in [0.15, 0.2) is 0 Å². The third kappa shape index (κ3) is 4.54. The minimum absolute atomic E-state index is 0. The summed E-state index contributed by atoms with van der Waals surface area (Å²) in [5.41, 5.74) is 11.3. The van der Waals surface area contributed by atoms with Crippen LogP contribution < -0.4 is 11.1 Å². The SMILES string of the molecule is Cc1cccc2c(CCNC(=O)CCc3ccccc3N)c[nH]c12.Cl. The van der Waals surface area contributed by atoms with Gasteiger partial charge in [0.1, 0.15) is 0 Å². The fourth-order valence-corrected chi connectivity index (χ4v) is 3.01. The van der Waals surface area contributed by atoms with Crippen LogP contribution in [0.1, 0.15) is 23.1 Å². The summed E-state index contributed by atoms with van der Waals surface area (Å²) in [5, 5.41) is 4.23. The fraction of sp³-hybridized carbons (Fsp3) is 0.250. The molecule has 4 N–H and O–H groups in total. The summed E-state index contributed by atoms with van der Waals surface area (Å²) in [6.45, 7) is 2.74. The number of fused-ring (bicyclic) bond motifs is 1. The highest BCUT2D eigenvalue weighted by Gasteiger charge is 2.07. The van der Waals surface area contributed by atoms with Crippen LogP contribution in [0.25, 0.3) is 10.9 Å². The van der Waals surface area contributed by atoms with E-state index in [4.69, 9.17) is 5.73 Å². The van der Waals surface area contributed by atoms with Crippen molar-refractivity contribution in [1.82, 2.24) is 10.3 Å². The third-order valence-corrected chi connectivity index (χ3v) is 4.40. The molecule has 0 aliphatic heterocycles. The van der Waals surface area contributed by atoms with Crippen molar-refractivity contribution < 1.29 is 4.79 Å². The number of aromatic nitrogens is 1. The number of aryl methyl sites for hydroxylation is 2. The van der Waals surface area contributed by atoms with Crippen LogP contribution in [0.4, 0.5) is 5.69 Å². The number of aromatic amines is 1. The van der Waals surface area contributed by atoms with E-state index >= 15 is 0 Å². The predicted octanol–water partition coefficient (Wildman–Crippen LogP) is 3.77. The van der Waals surface area contributed by atoms with E-state index in [-0.39, 0.29) is 18.3 Å². The predicted molar refractivity (Wildman–Crippen MR) is 106 cm³/mol. The van der Waals surface area contributed by atoms with E-state index in [0.29, 0.717) is 19.4 Å². The van der Waals surface area contributed by atoms with Crippen molar-refractivity contribution in [2.45, 2.75) is 26.2 Å². The summed E-state index contributed by atoms with van der Waals surface area (Å²) in [7, 11) is 0. The zero-order valence-electron chi connectivity index (χ0n) is 14.3. The summed E-state index contributed by atoms with van der Waals surface area (Å²) < 4.78 is 0. The number of hydrogen-bond acceptors (Lipinski definition) is 2. The minimum atomic E-state index is 0. The second-order valence-electron chi connectivity index (χ2n) is 6.11. The molecule has 5 heteroatoms. The maximum atomic E-state index is 12.0. The average Bonchev–Trinajstić information content (AvgIpc) is 2.99. The van der Waals surface area contributed by atoms with E-state index in [2.05, 4.69) is 35.4 Å². The number of carbonyl (C=O) groups excluding carboxylic acids is 1. The molecule has 0 bridgehead atoms. The molecule has 132 valence electrons. The summed E-state index contributed by atoms with van der Waals surface area (Å²) in [4.78, 5) is 15.3. The largest absolute Gasteiger partial charge is 0.399 e. The standard InChI is InChI=1S/C20H23N3O.ClH/c1-14-5-4-7-17-16(13-23-20(14)17)11-12-22-19(24)10-9-15-6-2-3-8-18(15)21;/h2-8,13,23H,9-12,21H2,1H3,(H,22,24);1H. The molecule has 25 heavy (non-hydrogen) atoms. The molecule has 0 radical (unpaired) electrons. The number of nitrogen functional groups attached to an aromatic ring is 1. The van der Waals surface area contributed by atoms with Gasteiger partial charge in [-0.2, -0.15) is 0 Å². The molecule has 0 saturated heterocycles. The Morgan fingerprint density at radius 3 is 2.68 bits per heavy atom. The number of amides is 1. The quantitative estimate of drug-likeness (QED) is 0.587. The van der Waals surface area contributed by atoms with Gasteiger partial charge in [-0.1, -0.05) is 36.4 Å². The van der Waals surface area contributed by atoms with Crippen LogP contribution in [0.2, 0.25) is 0 Å². The van der Waals surface area contributed by atoms with Gasteiger partial charge in [-0.25, -0.2) is 0 Å². The zero-order valence-corrected chi connectivity index (χ0v) is 15.2. The third-order valence-electron chi connectivity index (χ3n) is 4.40. The molecule has 2 aromatic carbocycles. The van der Waals surface area contributed by atoms with Crippen molar-refractivity contribution in [3.63, 3.8) is 0 Å². The van der Waals surface area contributed by atoms with Crippen molar-refractivity contribution in [2.75, 3.05) is 12.3 Å². The molecule has 0 spiro atoms. The Balaban J connectivity index is 0.00000225. The molecule has 0 fully saturated rings. The van der Waals surface area contributed by atoms with Crippen LogP contribution >= 0.6 is 12.4 Å². The number of nitrogens with two attached hydrogens (primary N) is 1. The van der Waals surface area contributed by atoms with Crippen LogP contribution in [-0.4, -0.2) is 17.4 Å². The first-order valence-electron chi connectivity index (χ1n) is 8.31. The first kappa shape index (κ1) is 18.9. The molecule has 1 aromatic heterocycles. The minimum Gasteiger partial charge on any atom is -0.399 e. The Kier molecular flexibility index (Phi) is 6.48. The number of rotatable bonds is 6. The van der Waals surface area contributed by atoms with E-state index in [1.165, 1.54) is 22.0 Å². The van der Waals surface area contributed by atoms with E-state index in [1.54, 1.807) is 0 Å². The monoisotopic (exact) mass is 357 g/mol. The van der Waals surface area contributed by atoms with Crippen molar-refractivity contribution >= 4 is 34.9 Å². The van der Waals surface area contributed by atoms with Crippen molar-refractivity contribution in [2.24, 2.45) is 0 Å². The van der Waals surface area contributed by atoms with Gasteiger partial charge in [0.05, 0.1) is 0 Å². The Morgan fingerprint density at radius 2 is 1.88 bits per heavy atom. The highest BCUT2D eigenvalue weighted by atomic mass is 35.5. The second kappa shape index (κ2) is 8.58. The van der Waals surface area contributed by atoms with Crippen molar-refractivity contribution in [3.05, 3.63) is 65.4 Å². The first-order chi connectivity index (χ1) is 11.6. The average molecular weight is 358 g/mol. The molecular weight excluding hydrogens is 334 g/mol. The molecule has 0 saturated carbocycles. The normalized spacial score (nSPS) is 10.4. The van der Waals surface area contributed by atoms with Gasteiger partial charge in [-0.3, -0.25) is 4.79 Å². The molecule has 3 aromatic rings. The van der Waals surface area contributed by atoms with Crippen LogP contribution in [0.5, 0.6) is 0 Å². The Labute approximate surface area is 154 Å². The lowest BCUT2D eigenvalue weighted by Gasteiger charge is -2.07. The number of benzene rings is 2. The van der Waals surface area contributed by atoms with E-state index in [1.807, 2.05) is 30.5 Å². The van der Waals surface area contributed by atoms with Gasteiger partial charge in [-0.05, 0) is 42.5 Å². The number of nitrogens with one attached hydrogen (secondary N) is 2. The fourth-order valence-electron chi connectivity index (χ4n) is 3.01. The number of para-hydroxylation sites is 2. The lowest BCUT2D eigenvalue weighted by molar-refractivity contribution is -0.121. The van der Waals surface area contributed by atoms with Gasteiger partial charge in [0.2, 0.25) is 5.91 Å². The van der Waals surface area contributed by atoms with Crippen molar-refractivity contribution in [1.29, 1.82) is 0 Å². The Bertz CT molecular complexity index is 857. The summed E-state index contributed by atoms with van der Waals surface area (Å²) in [6, 6.07) is 14.0. The van der Waals surface area contributed by atoms with Gasteiger partial charge >= 0.3 is 0 Å². The lowest BCUT2D eigenvalue weighted by atomic mass is 10.1. The summed E-state index contributed by atoms with van der Waals surface area (Å²) >= 11 is 0. The number of anilines is 1. The molecule has 0 aliphatic rings. The molecular formula is C20H24ClN3O. The maximum absolute atomic E-state index is 12.0. The highest BCUT2D eigenvalue weighted by molar-refractivity contribution is 5.86. The number of halogens is 1. The van der Waals surface area contributed by atoms with Gasteiger partial charge in [0, 0.05) is 35.8 Å². The van der Waals surface area contributed by atoms with Crippen LogP contribution in [0.3, 0.4) is 0 Å². The number of H-pyrrole nitrogens is 1. The van der Waals surface area contributed by atoms with Gasteiger partial charge in [-0.15, -0.1) is 12.4 Å². The van der Waals surface area contributed by atoms with Crippen LogP contribution in [0, 0.1) is 6.92 Å². The maximum Gasteiger partial charge on any atom is 0.220 e. The highest BCUT2D eigenvalue weighted by Crippen LogP contribution is 2.21. The van der Waals surface area contributed by atoms with Crippen LogP contribution in [0.15, 0.2) is 48.7 Å². The molecule has 0 unspecified atom stereocenters. The molecule has 1 amide bonds. The number of carbonyl (C=O) groups is 1. The topological polar surface area (TPSA) is 70.9 Å². The van der Waals surface area contributed by atoms with E-state index in [0.717, 1.165) is 17.7 Å². The molecule has 1 heterocycles. The van der Waals surface area contributed by atoms with Crippen molar-refractivity contribution in [3.8, 4) is 0 Å². The lowest BCUT2D eigenvalue weighted by Crippen LogP contribution is -2.25. The van der Waals surface area contributed by atoms with E-state index < -0.39 is 0 Å². The Hall–Kier alpha value is -2.46. The van der Waals surface area contributed by atoms with E-state index in [9.17, 15) is 4.79 Å². The Morgan fingerprint density at radius 1 is 1.08 bits per heavy atom. The smallest absolute Gasteiger partial charge is 0.220 e. The zero-order chi connectivity index (χ0) is 16.9. The molecule has 0 atom stereocenters. The van der Waals surface area contributed by atoms with Gasteiger partial charge in [0.25, 0.3) is 0 Å².